The van der Waals surface area contributed by atoms with Crippen LogP contribution in [0.1, 0.15) is 10.4 Å². The minimum Gasteiger partial charge on any atom is -0.451 e. The van der Waals surface area contributed by atoms with Gasteiger partial charge < -0.3 is 10.2 Å². The van der Waals surface area contributed by atoms with Gasteiger partial charge >= 0.3 is 0 Å². The van der Waals surface area contributed by atoms with Gasteiger partial charge in [-0.25, -0.2) is 8.78 Å². The Morgan fingerprint density at radius 1 is 1.25 bits per heavy atom. The van der Waals surface area contributed by atoms with Crippen molar-refractivity contribution < 1.29 is 26.4 Å². The minimum atomic E-state index is -4.18. The molecule has 0 aliphatic carbocycles. The molecule has 6 nitrogen and oxygen atoms in total. The van der Waals surface area contributed by atoms with Crippen LogP contribution in [0.5, 0.6) is 0 Å². The van der Waals surface area contributed by atoms with Crippen LogP contribution in [-0.2, 0) is 10.0 Å². The number of anilines is 1. The molecule has 1 heterocycles. The van der Waals surface area contributed by atoms with E-state index in [1.54, 1.807) is 0 Å². The van der Waals surface area contributed by atoms with Gasteiger partial charge in [-0.15, -0.1) is 0 Å². The van der Waals surface area contributed by atoms with E-state index in [9.17, 15) is 22.0 Å². The van der Waals surface area contributed by atoms with Crippen LogP contribution in [0.25, 0.3) is 0 Å². The maximum absolute atomic E-state index is 13.6. The first kappa shape index (κ1) is 14.0. The molecular weight excluding hydrogens is 294 g/mol. The summed E-state index contributed by atoms with van der Waals surface area (Å²) in [7, 11) is -4.18. The highest BCUT2D eigenvalue weighted by atomic mass is 32.2. The van der Waals surface area contributed by atoms with E-state index in [0.29, 0.717) is 12.1 Å². The number of carbonyl (C=O) groups excluding carboxylic acids is 1. The van der Waals surface area contributed by atoms with E-state index in [1.165, 1.54) is 6.07 Å². The van der Waals surface area contributed by atoms with Gasteiger partial charge in [-0.2, -0.15) is 8.42 Å². The zero-order valence-electron chi connectivity index (χ0n) is 9.76. The van der Waals surface area contributed by atoms with Crippen molar-refractivity contribution in [1.29, 1.82) is 0 Å². The predicted octanol–water partition coefficient (Wildman–Crippen LogP) is 1.46. The van der Waals surface area contributed by atoms with Crippen molar-refractivity contribution in [3.05, 3.63) is 47.7 Å². The first-order valence-corrected chi connectivity index (χ1v) is 6.65. The molecule has 2 rings (SSSR count). The zero-order chi connectivity index (χ0) is 14.9. The highest BCUT2D eigenvalue weighted by Gasteiger charge is 2.21. The van der Waals surface area contributed by atoms with Crippen molar-refractivity contribution >= 4 is 21.6 Å². The second-order valence-corrected chi connectivity index (χ2v) is 5.33. The third-order valence-electron chi connectivity index (χ3n) is 2.33. The van der Waals surface area contributed by atoms with Gasteiger partial charge in [0.2, 0.25) is 5.09 Å². The van der Waals surface area contributed by atoms with Gasteiger partial charge in [-0.3, -0.25) is 9.52 Å². The lowest BCUT2D eigenvalue weighted by Crippen LogP contribution is -2.16. The fourth-order valence-corrected chi connectivity index (χ4v) is 2.41. The molecule has 1 aromatic carbocycles. The number of halogens is 2. The van der Waals surface area contributed by atoms with Crippen molar-refractivity contribution in [3.8, 4) is 0 Å². The van der Waals surface area contributed by atoms with Gasteiger partial charge in [0.15, 0.2) is 0 Å². The second-order valence-electron chi connectivity index (χ2n) is 3.71. The molecule has 0 spiro atoms. The Balaban J connectivity index is 2.41. The first-order valence-electron chi connectivity index (χ1n) is 5.16. The van der Waals surface area contributed by atoms with E-state index in [-0.39, 0.29) is 0 Å². The molecule has 0 fully saturated rings. The van der Waals surface area contributed by atoms with E-state index in [4.69, 9.17) is 5.73 Å². The van der Waals surface area contributed by atoms with Crippen molar-refractivity contribution in [1.82, 2.24) is 0 Å². The van der Waals surface area contributed by atoms with E-state index >= 15 is 0 Å². The number of hydrogen-bond donors (Lipinski definition) is 2. The van der Waals surface area contributed by atoms with Gasteiger partial charge in [0.25, 0.3) is 15.9 Å². The van der Waals surface area contributed by atoms with Crippen molar-refractivity contribution in [3.63, 3.8) is 0 Å². The first-order chi connectivity index (χ1) is 9.31. The summed E-state index contributed by atoms with van der Waals surface area (Å²) >= 11 is 0. The zero-order valence-corrected chi connectivity index (χ0v) is 10.6. The summed E-state index contributed by atoms with van der Waals surface area (Å²) in [5.74, 6) is -3.45. The third-order valence-corrected chi connectivity index (χ3v) is 3.58. The van der Waals surface area contributed by atoms with Crippen LogP contribution in [0.3, 0.4) is 0 Å². The van der Waals surface area contributed by atoms with Crippen molar-refractivity contribution in [2.75, 3.05) is 4.72 Å². The summed E-state index contributed by atoms with van der Waals surface area (Å²) in [6.45, 7) is 0. The van der Waals surface area contributed by atoms with Gasteiger partial charge in [0.05, 0.1) is 17.5 Å². The Bertz CT molecular complexity index is 757. The van der Waals surface area contributed by atoms with Crippen LogP contribution in [0.4, 0.5) is 14.5 Å². The molecule has 1 amide bonds. The highest BCUT2D eigenvalue weighted by molar-refractivity contribution is 7.92. The van der Waals surface area contributed by atoms with E-state index < -0.39 is 43.9 Å². The summed E-state index contributed by atoms with van der Waals surface area (Å²) in [6, 6.07) is 3.49. The lowest BCUT2D eigenvalue weighted by atomic mass is 10.2. The number of nitrogens with two attached hydrogens (primary N) is 1. The summed E-state index contributed by atoms with van der Waals surface area (Å²) in [5, 5.41) is -0.462. The van der Waals surface area contributed by atoms with Crippen LogP contribution < -0.4 is 10.5 Å². The van der Waals surface area contributed by atoms with Gasteiger partial charge in [0.1, 0.15) is 11.6 Å². The van der Waals surface area contributed by atoms with Crippen LogP contribution >= 0.6 is 0 Å². The van der Waals surface area contributed by atoms with Crippen LogP contribution in [0, 0.1) is 11.6 Å². The fraction of sp³-hybridized carbons (Fsp3) is 0. The number of carbonyl (C=O) groups is 1. The van der Waals surface area contributed by atoms with Gasteiger partial charge in [0, 0.05) is 6.07 Å². The van der Waals surface area contributed by atoms with Gasteiger partial charge in [-0.05, 0) is 18.2 Å². The number of rotatable bonds is 4. The molecule has 0 bridgehead atoms. The smallest absolute Gasteiger partial charge is 0.295 e. The third kappa shape index (κ3) is 2.62. The van der Waals surface area contributed by atoms with E-state index in [0.717, 1.165) is 12.3 Å². The molecule has 0 saturated carbocycles. The van der Waals surface area contributed by atoms with Crippen molar-refractivity contribution in [2.24, 2.45) is 5.73 Å². The number of sulfonamides is 1. The number of hydrogen-bond acceptors (Lipinski definition) is 4. The molecule has 0 radical (unpaired) electrons. The standard InChI is InChI=1S/C11H8F2N2O4S/c12-7-5-9(8(13)4-6(7)11(14)16)15-20(17,18)10-2-1-3-19-10/h1-5,15H,(H2,14,16). The maximum Gasteiger partial charge on any atom is 0.295 e. The lowest BCUT2D eigenvalue weighted by molar-refractivity contribution is 0.0996. The Morgan fingerprint density at radius 3 is 2.50 bits per heavy atom. The monoisotopic (exact) mass is 302 g/mol. The number of primary amides is 1. The number of furan rings is 1. The van der Waals surface area contributed by atoms with Crippen molar-refractivity contribution in [2.45, 2.75) is 5.09 Å². The van der Waals surface area contributed by atoms with E-state index in [2.05, 4.69) is 4.42 Å². The average molecular weight is 302 g/mol. The average Bonchev–Trinajstić information content (AvgIpc) is 2.87. The Kier molecular flexibility index (Phi) is 3.45. The molecule has 0 aliphatic rings. The summed E-state index contributed by atoms with van der Waals surface area (Å²) < 4.78 is 57.1. The Labute approximate surface area is 112 Å². The largest absolute Gasteiger partial charge is 0.451 e. The number of amides is 1. The number of nitrogens with one attached hydrogen (secondary N) is 1. The molecule has 1 aromatic heterocycles. The molecule has 2 aromatic rings. The summed E-state index contributed by atoms with van der Waals surface area (Å²) in [6.07, 6.45) is 1.11. The maximum atomic E-state index is 13.6. The summed E-state index contributed by atoms with van der Waals surface area (Å²) in [4.78, 5) is 10.8. The Hall–Kier alpha value is -2.42. The topological polar surface area (TPSA) is 102 Å². The number of benzene rings is 1. The Morgan fingerprint density at radius 2 is 1.95 bits per heavy atom. The molecule has 20 heavy (non-hydrogen) atoms. The van der Waals surface area contributed by atoms with Crippen LogP contribution in [0.15, 0.2) is 40.0 Å². The van der Waals surface area contributed by atoms with Crippen LogP contribution in [0.2, 0.25) is 0 Å². The molecule has 0 unspecified atom stereocenters. The van der Waals surface area contributed by atoms with E-state index in [1.807, 2.05) is 4.72 Å². The molecule has 0 aliphatic heterocycles. The SMILES string of the molecule is NC(=O)c1cc(F)c(NS(=O)(=O)c2ccco2)cc1F. The van der Waals surface area contributed by atoms with Gasteiger partial charge in [-0.1, -0.05) is 0 Å². The molecule has 0 saturated heterocycles. The molecular formula is C11H8F2N2O4S. The molecule has 3 N–H and O–H groups in total. The highest BCUT2D eigenvalue weighted by Crippen LogP contribution is 2.22. The molecule has 9 heteroatoms. The molecule has 106 valence electrons. The molecule has 0 atom stereocenters. The normalized spacial score (nSPS) is 11.3. The predicted molar refractivity (Wildman–Crippen MR) is 64.4 cm³/mol. The lowest BCUT2D eigenvalue weighted by Gasteiger charge is -2.08. The summed E-state index contributed by atoms with van der Waals surface area (Å²) in [5.41, 5.74) is 3.50. The quantitative estimate of drug-likeness (QED) is 0.892. The fourth-order valence-electron chi connectivity index (χ4n) is 1.43. The van der Waals surface area contributed by atoms with Crippen LogP contribution in [-0.4, -0.2) is 14.3 Å². The minimum absolute atomic E-state index is 0.462. The second kappa shape index (κ2) is 4.93.